The quantitative estimate of drug-likeness (QED) is 0.565. The van der Waals surface area contributed by atoms with E-state index in [0.717, 1.165) is 17.5 Å². The fraction of sp³-hybridized carbons (Fsp3) is 0.150. The molecule has 24 heavy (non-hydrogen) atoms. The number of aryl methyl sites for hydroxylation is 1. The molecule has 0 aliphatic rings. The second kappa shape index (κ2) is 6.71. The molecule has 0 aliphatic carbocycles. The van der Waals surface area contributed by atoms with Gasteiger partial charge in [-0.05, 0) is 41.6 Å². The lowest BCUT2D eigenvalue weighted by Crippen LogP contribution is -2.33. The Bertz CT molecular complexity index is 897. The van der Waals surface area contributed by atoms with Crippen LogP contribution in [0.15, 0.2) is 65.7 Å². The highest BCUT2D eigenvalue weighted by Crippen LogP contribution is 2.34. The summed E-state index contributed by atoms with van der Waals surface area (Å²) in [4.78, 5) is 5.93. The Kier molecular flexibility index (Phi) is 4.47. The van der Waals surface area contributed by atoms with E-state index in [-0.39, 0.29) is 5.82 Å². The number of guanidine groups is 1. The highest BCUT2D eigenvalue weighted by Gasteiger charge is 2.18. The van der Waals surface area contributed by atoms with Crippen LogP contribution in [0.2, 0.25) is 0 Å². The minimum atomic E-state index is -0.274. The summed E-state index contributed by atoms with van der Waals surface area (Å²) in [5.41, 5.74) is 8.90. The van der Waals surface area contributed by atoms with Crippen molar-refractivity contribution in [2.24, 2.45) is 10.7 Å². The molecule has 0 amide bonds. The Balaban J connectivity index is 2.28. The Hall–Kier alpha value is -2.88. The Morgan fingerprint density at radius 1 is 1.08 bits per heavy atom. The average molecular weight is 321 g/mol. The maximum Gasteiger partial charge on any atom is 0.200 e. The fourth-order valence-corrected chi connectivity index (χ4v) is 2.87. The zero-order valence-corrected chi connectivity index (χ0v) is 13.8. The summed E-state index contributed by atoms with van der Waals surface area (Å²) in [6.07, 6.45) is 0.911. The first-order chi connectivity index (χ1) is 11.7. The van der Waals surface area contributed by atoms with Gasteiger partial charge < -0.3 is 5.73 Å². The lowest BCUT2D eigenvalue weighted by molar-refractivity contribution is 0.640. The number of hydrogen-bond acceptors (Lipinski definition) is 1. The monoisotopic (exact) mass is 321 g/mol. The summed E-state index contributed by atoms with van der Waals surface area (Å²) in [5, 5.41) is 1.36. The lowest BCUT2D eigenvalue weighted by atomic mass is 10.1. The standard InChI is InChI=1S/C20H20FN3/c1-3-14-7-4-10-16(13-14)24(20(22)23-2)18-12-6-9-15-8-5-11-17(21)19(15)18/h4-13H,3H2,1-2H3,(H2,22,23). The van der Waals surface area contributed by atoms with Gasteiger partial charge in [0, 0.05) is 18.1 Å². The van der Waals surface area contributed by atoms with Gasteiger partial charge in [0.1, 0.15) is 5.82 Å². The summed E-state index contributed by atoms with van der Waals surface area (Å²) >= 11 is 0. The third-order valence-electron chi connectivity index (χ3n) is 4.11. The van der Waals surface area contributed by atoms with Crippen molar-refractivity contribution < 1.29 is 4.39 Å². The smallest absolute Gasteiger partial charge is 0.200 e. The molecule has 0 saturated carbocycles. The van der Waals surface area contributed by atoms with Gasteiger partial charge in [0.15, 0.2) is 5.96 Å². The SMILES string of the molecule is CCc1cccc(N(C(N)=NC)c2cccc3cccc(F)c23)c1. The molecule has 0 saturated heterocycles. The van der Waals surface area contributed by atoms with Gasteiger partial charge in [0.2, 0.25) is 0 Å². The highest BCUT2D eigenvalue weighted by atomic mass is 19.1. The van der Waals surface area contributed by atoms with Gasteiger partial charge >= 0.3 is 0 Å². The van der Waals surface area contributed by atoms with Crippen LogP contribution < -0.4 is 10.6 Å². The molecule has 3 aromatic carbocycles. The van der Waals surface area contributed by atoms with E-state index in [9.17, 15) is 4.39 Å². The van der Waals surface area contributed by atoms with Crippen molar-refractivity contribution in [3.05, 3.63) is 72.0 Å². The summed E-state index contributed by atoms with van der Waals surface area (Å²) < 4.78 is 14.5. The number of halogens is 1. The van der Waals surface area contributed by atoms with E-state index >= 15 is 0 Å². The van der Waals surface area contributed by atoms with E-state index in [1.807, 2.05) is 36.4 Å². The molecular formula is C20H20FN3. The van der Waals surface area contributed by atoms with Crippen LogP contribution in [0.1, 0.15) is 12.5 Å². The van der Waals surface area contributed by atoms with Crippen LogP contribution in [0.5, 0.6) is 0 Å². The van der Waals surface area contributed by atoms with Crippen LogP contribution in [0, 0.1) is 5.82 Å². The Morgan fingerprint density at radius 2 is 1.79 bits per heavy atom. The largest absolute Gasteiger partial charge is 0.369 e. The molecule has 0 bridgehead atoms. The number of nitrogens with two attached hydrogens (primary N) is 1. The van der Waals surface area contributed by atoms with E-state index in [1.54, 1.807) is 18.0 Å². The van der Waals surface area contributed by atoms with Gasteiger partial charge in [-0.1, -0.05) is 43.3 Å². The van der Waals surface area contributed by atoms with Crippen LogP contribution >= 0.6 is 0 Å². The van der Waals surface area contributed by atoms with Crippen molar-refractivity contribution in [1.29, 1.82) is 0 Å². The molecule has 0 atom stereocenters. The van der Waals surface area contributed by atoms with Crippen molar-refractivity contribution in [2.45, 2.75) is 13.3 Å². The Labute approximate surface area is 141 Å². The maximum absolute atomic E-state index is 14.5. The van der Waals surface area contributed by atoms with Crippen LogP contribution in [-0.2, 0) is 6.42 Å². The zero-order valence-electron chi connectivity index (χ0n) is 13.8. The van der Waals surface area contributed by atoms with Gasteiger partial charge in [-0.2, -0.15) is 0 Å². The fourth-order valence-electron chi connectivity index (χ4n) is 2.87. The number of nitrogens with zero attached hydrogens (tertiary/aromatic N) is 2. The number of aliphatic imine (C=N–C) groups is 1. The topological polar surface area (TPSA) is 41.6 Å². The number of benzene rings is 3. The van der Waals surface area contributed by atoms with Crippen molar-refractivity contribution in [1.82, 2.24) is 0 Å². The van der Waals surface area contributed by atoms with Crippen LogP contribution in [0.3, 0.4) is 0 Å². The number of hydrogen-bond donors (Lipinski definition) is 1. The van der Waals surface area contributed by atoms with Crippen molar-refractivity contribution in [2.75, 3.05) is 11.9 Å². The van der Waals surface area contributed by atoms with Crippen LogP contribution in [0.4, 0.5) is 15.8 Å². The second-order valence-electron chi connectivity index (χ2n) is 5.56. The van der Waals surface area contributed by atoms with E-state index in [1.165, 1.54) is 11.6 Å². The summed E-state index contributed by atoms with van der Waals surface area (Å²) in [5.74, 6) is 0.0441. The molecule has 2 N–H and O–H groups in total. The molecule has 0 heterocycles. The van der Waals surface area contributed by atoms with E-state index in [2.05, 4.69) is 24.0 Å². The van der Waals surface area contributed by atoms with Crippen LogP contribution in [0.25, 0.3) is 10.8 Å². The van der Waals surface area contributed by atoms with Gasteiger partial charge in [-0.3, -0.25) is 9.89 Å². The molecular weight excluding hydrogens is 301 g/mol. The normalized spacial score (nSPS) is 11.7. The predicted octanol–water partition coefficient (Wildman–Crippen LogP) is 4.62. The first kappa shape index (κ1) is 16.0. The number of fused-ring (bicyclic) bond motifs is 1. The molecule has 0 spiro atoms. The zero-order chi connectivity index (χ0) is 17.1. The highest BCUT2D eigenvalue weighted by molar-refractivity contribution is 6.09. The molecule has 122 valence electrons. The van der Waals surface area contributed by atoms with Crippen molar-refractivity contribution in [3.8, 4) is 0 Å². The first-order valence-electron chi connectivity index (χ1n) is 7.94. The van der Waals surface area contributed by atoms with Gasteiger partial charge in [0.05, 0.1) is 5.69 Å². The van der Waals surface area contributed by atoms with Gasteiger partial charge in [0.25, 0.3) is 0 Å². The van der Waals surface area contributed by atoms with E-state index < -0.39 is 0 Å². The average Bonchev–Trinajstić information content (AvgIpc) is 2.62. The molecule has 3 aromatic rings. The minimum Gasteiger partial charge on any atom is -0.369 e. The third-order valence-corrected chi connectivity index (χ3v) is 4.11. The third kappa shape index (κ3) is 2.83. The lowest BCUT2D eigenvalue weighted by Gasteiger charge is -2.25. The summed E-state index contributed by atoms with van der Waals surface area (Å²) in [6.45, 7) is 2.10. The molecule has 0 fully saturated rings. The van der Waals surface area contributed by atoms with Crippen molar-refractivity contribution >= 4 is 28.1 Å². The molecule has 3 nitrogen and oxygen atoms in total. The van der Waals surface area contributed by atoms with Crippen molar-refractivity contribution in [3.63, 3.8) is 0 Å². The molecule has 0 aromatic heterocycles. The van der Waals surface area contributed by atoms with Gasteiger partial charge in [-0.25, -0.2) is 4.39 Å². The molecule has 0 unspecified atom stereocenters. The maximum atomic E-state index is 14.5. The summed E-state index contributed by atoms with van der Waals surface area (Å²) in [7, 11) is 1.63. The van der Waals surface area contributed by atoms with Gasteiger partial charge in [-0.15, -0.1) is 0 Å². The Morgan fingerprint density at radius 3 is 2.50 bits per heavy atom. The number of rotatable bonds is 3. The molecule has 0 radical (unpaired) electrons. The second-order valence-corrected chi connectivity index (χ2v) is 5.56. The van der Waals surface area contributed by atoms with E-state index in [0.29, 0.717) is 17.0 Å². The molecule has 0 aliphatic heterocycles. The predicted molar refractivity (Wildman–Crippen MR) is 99.4 cm³/mol. The van der Waals surface area contributed by atoms with E-state index in [4.69, 9.17) is 5.73 Å². The molecule has 3 rings (SSSR count). The first-order valence-corrected chi connectivity index (χ1v) is 7.94. The number of anilines is 2. The molecule has 4 heteroatoms. The minimum absolute atomic E-state index is 0.274. The van der Waals surface area contributed by atoms with Crippen LogP contribution in [-0.4, -0.2) is 13.0 Å². The summed E-state index contributed by atoms with van der Waals surface area (Å²) in [6, 6.07) is 18.8.